The van der Waals surface area contributed by atoms with Crippen molar-refractivity contribution in [1.29, 1.82) is 0 Å². The molecule has 0 N–H and O–H groups in total. The third kappa shape index (κ3) is 2.33. The number of pyridine rings is 1. The standard InChI is InChI=1S/C14H13NO2/c1-10-3-4-14(17-2)13(5-10)12-6-11(9-16)7-15-8-12/h3-9H,1-2H3. The number of nitrogens with zero attached hydrogens (tertiary/aromatic N) is 1. The van der Waals surface area contributed by atoms with E-state index in [1.54, 1.807) is 25.6 Å². The molecule has 2 aromatic rings. The van der Waals surface area contributed by atoms with E-state index in [1.807, 2.05) is 25.1 Å². The molecule has 3 heteroatoms. The van der Waals surface area contributed by atoms with E-state index in [2.05, 4.69) is 4.98 Å². The van der Waals surface area contributed by atoms with Gasteiger partial charge in [-0.2, -0.15) is 0 Å². The normalized spacial score (nSPS) is 10.0. The minimum absolute atomic E-state index is 0.561. The molecular weight excluding hydrogens is 214 g/mol. The summed E-state index contributed by atoms with van der Waals surface area (Å²) in [5, 5.41) is 0. The van der Waals surface area contributed by atoms with E-state index in [9.17, 15) is 4.79 Å². The Bertz CT molecular complexity index is 550. The molecule has 86 valence electrons. The highest BCUT2D eigenvalue weighted by molar-refractivity contribution is 5.79. The van der Waals surface area contributed by atoms with Crippen LogP contribution in [0.15, 0.2) is 36.7 Å². The zero-order chi connectivity index (χ0) is 12.3. The quantitative estimate of drug-likeness (QED) is 0.757. The summed E-state index contributed by atoms with van der Waals surface area (Å²) in [5.41, 5.74) is 3.53. The maximum atomic E-state index is 10.7. The monoisotopic (exact) mass is 227 g/mol. The van der Waals surface area contributed by atoms with E-state index in [0.29, 0.717) is 5.56 Å². The number of ether oxygens (including phenoxy) is 1. The third-order valence-electron chi connectivity index (χ3n) is 2.56. The van der Waals surface area contributed by atoms with Crippen LogP contribution < -0.4 is 4.74 Å². The van der Waals surface area contributed by atoms with Crippen LogP contribution in [0.2, 0.25) is 0 Å². The molecule has 1 heterocycles. The number of aryl methyl sites for hydroxylation is 1. The summed E-state index contributed by atoms with van der Waals surface area (Å²) in [6.45, 7) is 2.01. The molecule has 2 rings (SSSR count). The van der Waals surface area contributed by atoms with Crippen molar-refractivity contribution in [1.82, 2.24) is 4.98 Å². The molecule has 0 unspecified atom stereocenters. The molecule has 0 bridgehead atoms. The van der Waals surface area contributed by atoms with Gasteiger partial charge in [0.1, 0.15) is 5.75 Å². The Morgan fingerprint density at radius 3 is 2.76 bits per heavy atom. The van der Waals surface area contributed by atoms with E-state index in [4.69, 9.17) is 4.74 Å². The van der Waals surface area contributed by atoms with Gasteiger partial charge in [-0.05, 0) is 25.1 Å². The molecule has 0 aliphatic heterocycles. The lowest BCUT2D eigenvalue weighted by Gasteiger charge is -2.09. The van der Waals surface area contributed by atoms with E-state index in [-0.39, 0.29) is 0 Å². The van der Waals surface area contributed by atoms with Crippen LogP contribution >= 0.6 is 0 Å². The Morgan fingerprint density at radius 2 is 2.06 bits per heavy atom. The van der Waals surface area contributed by atoms with E-state index < -0.39 is 0 Å². The molecule has 0 saturated carbocycles. The average molecular weight is 227 g/mol. The van der Waals surface area contributed by atoms with Crippen molar-refractivity contribution in [2.24, 2.45) is 0 Å². The summed E-state index contributed by atoms with van der Waals surface area (Å²) in [5.74, 6) is 0.778. The van der Waals surface area contributed by atoms with E-state index >= 15 is 0 Å². The van der Waals surface area contributed by atoms with E-state index in [1.165, 1.54) is 0 Å². The molecule has 1 aromatic carbocycles. The maximum absolute atomic E-state index is 10.7. The first-order valence-corrected chi connectivity index (χ1v) is 5.30. The predicted octanol–water partition coefficient (Wildman–Crippen LogP) is 2.88. The Hall–Kier alpha value is -2.16. The lowest BCUT2D eigenvalue weighted by Crippen LogP contribution is -1.91. The fourth-order valence-corrected chi connectivity index (χ4v) is 1.72. The Kier molecular flexibility index (Phi) is 3.19. The molecule has 1 aromatic heterocycles. The highest BCUT2D eigenvalue weighted by atomic mass is 16.5. The predicted molar refractivity (Wildman–Crippen MR) is 66.3 cm³/mol. The summed E-state index contributed by atoms with van der Waals surface area (Å²) < 4.78 is 5.31. The van der Waals surface area contributed by atoms with Crippen LogP contribution in [0.5, 0.6) is 5.75 Å². The van der Waals surface area contributed by atoms with Crippen LogP contribution in [0.3, 0.4) is 0 Å². The molecule has 0 aliphatic carbocycles. The highest BCUT2D eigenvalue weighted by Gasteiger charge is 2.07. The fraction of sp³-hybridized carbons (Fsp3) is 0.143. The van der Waals surface area contributed by atoms with Crippen molar-refractivity contribution in [3.05, 3.63) is 47.8 Å². The molecule has 17 heavy (non-hydrogen) atoms. The zero-order valence-corrected chi connectivity index (χ0v) is 9.81. The highest BCUT2D eigenvalue weighted by Crippen LogP contribution is 2.30. The van der Waals surface area contributed by atoms with Gasteiger partial charge in [0.05, 0.1) is 7.11 Å². The van der Waals surface area contributed by atoms with Crippen molar-refractivity contribution in [3.8, 4) is 16.9 Å². The molecule has 0 aliphatic rings. The van der Waals surface area contributed by atoms with Crippen LogP contribution in [0, 0.1) is 6.92 Å². The number of aldehydes is 1. The van der Waals surface area contributed by atoms with Crippen molar-refractivity contribution in [3.63, 3.8) is 0 Å². The molecule has 3 nitrogen and oxygen atoms in total. The molecule has 0 radical (unpaired) electrons. The van der Waals surface area contributed by atoms with Gasteiger partial charge in [0.25, 0.3) is 0 Å². The number of rotatable bonds is 3. The van der Waals surface area contributed by atoms with Gasteiger partial charge < -0.3 is 4.74 Å². The minimum atomic E-state index is 0.561. The van der Waals surface area contributed by atoms with Crippen LogP contribution in [-0.2, 0) is 0 Å². The summed E-state index contributed by atoms with van der Waals surface area (Å²) in [4.78, 5) is 14.8. The summed E-state index contributed by atoms with van der Waals surface area (Å²) >= 11 is 0. The second-order valence-corrected chi connectivity index (χ2v) is 3.83. The van der Waals surface area contributed by atoms with E-state index in [0.717, 1.165) is 28.7 Å². The van der Waals surface area contributed by atoms with Gasteiger partial charge in [-0.25, -0.2) is 0 Å². The fourth-order valence-electron chi connectivity index (χ4n) is 1.72. The van der Waals surface area contributed by atoms with Gasteiger partial charge in [0.2, 0.25) is 0 Å². The smallest absolute Gasteiger partial charge is 0.151 e. The minimum Gasteiger partial charge on any atom is -0.496 e. The van der Waals surface area contributed by atoms with Gasteiger partial charge in [0, 0.05) is 29.1 Å². The Morgan fingerprint density at radius 1 is 1.24 bits per heavy atom. The van der Waals surface area contributed by atoms with Gasteiger partial charge in [-0.3, -0.25) is 9.78 Å². The average Bonchev–Trinajstić information content (AvgIpc) is 2.39. The number of carbonyl (C=O) groups is 1. The number of benzene rings is 1. The lowest BCUT2D eigenvalue weighted by molar-refractivity contribution is 0.112. The van der Waals surface area contributed by atoms with Gasteiger partial charge in [0.15, 0.2) is 6.29 Å². The van der Waals surface area contributed by atoms with Crippen molar-refractivity contribution >= 4 is 6.29 Å². The number of aromatic nitrogens is 1. The SMILES string of the molecule is COc1ccc(C)cc1-c1cncc(C=O)c1. The first-order valence-electron chi connectivity index (χ1n) is 5.30. The topological polar surface area (TPSA) is 39.2 Å². The Labute approximate surface area is 100 Å². The Balaban J connectivity index is 2.58. The summed E-state index contributed by atoms with van der Waals surface area (Å²) in [6.07, 6.45) is 4.06. The van der Waals surface area contributed by atoms with Crippen LogP contribution in [0.4, 0.5) is 0 Å². The van der Waals surface area contributed by atoms with Crippen molar-refractivity contribution in [2.45, 2.75) is 6.92 Å². The zero-order valence-electron chi connectivity index (χ0n) is 9.81. The summed E-state index contributed by atoms with van der Waals surface area (Å²) in [6, 6.07) is 7.72. The number of hydrogen-bond acceptors (Lipinski definition) is 3. The summed E-state index contributed by atoms with van der Waals surface area (Å²) in [7, 11) is 1.63. The second kappa shape index (κ2) is 4.78. The largest absolute Gasteiger partial charge is 0.496 e. The maximum Gasteiger partial charge on any atom is 0.151 e. The van der Waals surface area contributed by atoms with Crippen LogP contribution in [-0.4, -0.2) is 18.4 Å². The van der Waals surface area contributed by atoms with Crippen LogP contribution in [0.25, 0.3) is 11.1 Å². The second-order valence-electron chi connectivity index (χ2n) is 3.83. The molecule has 0 amide bonds. The van der Waals surface area contributed by atoms with Gasteiger partial charge >= 0.3 is 0 Å². The number of carbonyl (C=O) groups excluding carboxylic acids is 1. The first kappa shape index (κ1) is 11.3. The van der Waals surface area contributed by atoms with Crippen LogP contribution in [0.1, 0.15) is 15.9 Å². The molecule has 0 atom stereocenters. The molecule has 0 fully saturated rings. The van der Waals surface area contributed by atoms with Crippen molar-refractivity contribution < 1.29 is 9.53 Å². The third-order valence-corrected chi connectivity index (χ3v) is 2.56. The first-order chi connectivity index (χ1) is 8.24. The van der Waals surface area contributed by atoms with Gasteiger partial charge in [-0.15, -0.1) is 0 Å². The molecule has 0 spiro atoms. The molecular formula is C14H13NO2. The van der Waals surface area contributed by atoms with Crippen molar-refractivity contribution in [2.75, 3.05) is 7.11 Å². The number of hydrogen-bond donors (Lipinski definition) is 0. The lowest BCUT2D eigenvalue weighted by atomic mass is 10.0. The molecule has 0 saturated heterocycles. The van der Waals surface area contributed by atoms with Gasteiger partial charge in [-0.1, -0.05) is 11.6 Å². The number of methoxy groups -OCH3 is 1.